The summed E-state index contributed by atoms with van der Waals surface area (Å²) in [5, 5.41) is 0. The standard InChI is InChI=1S/C21H25NO3S/c1-16(18-5-3-2-4-6-18)22(20-8-9-20)26(23,24)14-12-17-7-10-21-19(15-17)11-13-25-21/h2-7,10,15-16,20H,8-9,11-14H2,1H3. The van der Waals surface area contributed by atoms with Gasteiger partial charge in [-0.05, 0) is 48.9 Å². The van der Waals surface area contributed by atoms with E-state index < -0.39 is 10.0 Å². The molecule has 4 nitrogen and oxygen atoms in total. The summed E-state index contributed by atoms with van der Waals surface area (Å²) in [6.07, 6.45) is 3.38. The van der Waals surface area contributed by atoms with Crippen LogP contribution in [0.4, 0.5) is 0 Å². The second-order valence-electron chi connectivity index (χ2n) is 7.25. The fourth-order valence-corrected chi connectivity index (χ4v) is 5.71. The quantitative estimate of drug-likeness (QED) is 0.745. The molecular weight excluding hydrogens is 346 g/mol. The van der Waals surface area contributed by atoms with Gasteiger partial charge in [0.1, 0.15) is 5.75 Å². The normalized spacial score (nSPS) is 17.8. The minimum atomic E-state index is -3.32. The highest BCUT2D eigenvalue weighted by Crippen LogP contribution is 2.37. The molecule has 0 amide bonds. The van der Waals surface area contributed by atoms with Crippen molar-refractivity contribution in [2.45, 2.75) is 44.7 Å². The van der Waals surface area contributed by atoms with Crippen LogP contribution in [0.15, 0.2) is 48.5 Å². The van der Waals surface area contributed by atoms with Crippen LogP contribution in [0, 0.1) is 0 Å². The number of hydrogen-bond donors (Lipinski definition) is 0. The molecule has 0 spiro atoms. The molecule has 1 fully saturated rings. The monoisotopic (exact) mass is 371 g/mol. The molecule has 0 saturated heterocycles. The first-order valence-electron chi connectivity index (χ1n) is 9.35. The van der Waals surface area contributed by atoms with Gasteiger partial charge in [-0.15, -0.1) is 0 Å². The Balaban J connectivity index is 1.50. The van der Waals surface area contributed by atoms with Gasteiger partial charge in [-0.1, -0.05) is 42.5 Å². The minimum absolute atomic E-state index is 0.123. The predicted molar refractivity (Wildman–Crippen MR) is 103 cm³/mol. The van der Waals surface area contributed by atoms with Gasteiger partial charge < -0.3 is 4.74 Å². The lowest BCUT2D eigenvalue weighted by atomic mass is 10.1. The van der Waals surface area contributed by atoms with Gasteiger partial charge in [0.2, 0.25) is 10.0 Å². The molecule has 138 valence electrons. The summed E-state index contributed by atoms with van der Waals surface area (Å²) in [6, 6.07) is 16.0. The van der Waals surface area contributed by atoms with E-state index in [1.807, 2.05) is 49.4 Å². The molecule has 0 N–H and O–H groups in total. The van der Waals surface area contributed by atoms with E-state index in [-0.39, 0.29) is 17.8 Å². The third kappa shape index (κ3) is 3.64. The predicted octanol–water partition coefficient (Wildman–Crippen LogP) is 3.72. The number of nitrogens with zero attached hydrogens (tertiary/aromatic N) is 1. The lowest BCUT2D eigenvalue weighted by molar-refractivity contribution is 0.334. The first-order valence-corrected chi connectivity index (χ1v) is 11.0. The van der Waals surface area contributed by atoms with Gasteiger partial charge in [0, 0.05) is 18.5 Å². The molecule has 26 heavy (non-hydrogen) atoms. The Morgan fingerprint density at radius 3 is 2.65 bits per heavy atom. The SMILES string of the molecule is CC(c1ccccc1)N(C1CC1)S(=O)(=O)CCc1ccc2c(c1)CCO2. The Hall–Kier alpha value is -1.85. The number of fused-ring (bicyclic) bond motifs is 1. The first kappa shape index (κ1) is 17.6. The van der Waals surface area contributed by atoms with Crippen molar-refractivity contribution in [3.8, 4) is 5.75 Å². The highest BCUT2D eigenvalue weighted by molar-refractivity contribution is 7.89. The summed E-state index contributed by atoms with van der Waals surface area (Å²) in [5.74, 6) is 1.09. The smallest absolute Gasteiger partial charge is 0.215 e. The van der Waals surface area contributed by atoms with Crippen molar-refractivity contribution in [1.82, 2.24) is 4.31 Å². The van der Waals surface area contributed by atoms with Crippen LogP contribution in [-0.2, 0) is 22.9 Å². The molecule has 4 rings (SSSR count). The van der Waals surface area contributed by atoms with Crippen molar-refractivity contribution < 1.29 is 13.2 Å². The van der Waals surface area contributed by atoms with Crippen LogP contribution in [0.25, 0.3) is 0 Å². The molecule has 0 aromatic heterocycles. The number of hydrogen-bond acceptors (Lipinski definition) is 3. The molecule has 2 aliphatic rings. The molecule has 1 aliphatic carbocycles. The number of benzene rings is 2. The van der Waals surface area contributed by atoms with Gasteiger partial charge in [0.15, 0.2) is 0 Å². The fourth-order valence-electron chi connectivity index (χ4n) is 3.74. The third-order valence-corrected chi connectivity index (χ3v) is 7.27. The van der Waals surface area contributed by atoms with E-state index in [1.54, 1.807) is 4.31 Å². The highest BCUT2D eigenvalue weighted by Gasteiger charge is 2.40. The topological polar surface area (TPSA) is 46.6 Å². The zero-order valence-corrected chi connectivity index (χ0v) is 15.9. The Morgan fingerprint density at radius 2 is 1.92 bits per heavy atom. The number of ether oxygens (including phenoxy) is 1. The van der Waals surface area contributed by atoms with Crippen LogP contribution in [0.3, 0.4) is 0 Å². The number of sulfonamides is 1. The maximum atomic E-state index is 13.1. The molecular formula is C21H25NO3S. The summed E-state index contributed by atoms with van der Waals surface area (Å²) >= 11 is 0. The van der Waals surface area contributed by atoms with Crippen molar-refractivity contribution >= 4 is 10.0 Å². The van der Waals surface area contributed by atoms with Crippen LogP contribution in [0.5, 0.6) is 5.75 Å². The second kappa shape index (κ2) is 7.05. The lowest BCUT2D eigenvalue weighted by Gasteiger charge is -2.29. The van der Waals surface area contributed by atoms with E-state index in [9.17, 15) is 8.42 Å². The molecule has 1 heterocycles. The van der Waals surface area contributed by atoms with Crippen molar-refractivity contribution in [2.75, 3.05) is 12.4 Å². The Bertz CT molecular complexity index is 875. The summed E-state index contributed by atoms with van der Waals surface area (Å²) < 4.78 is 33.6. The molecule has 1 unspecified atom stereocenters. The highest BCUT2D eigenvalue weighted by atomic mass is 32.2. The second-order valence-corrected chi connectivity index (χ2v) is 9.25. The van der Waals surface area contributed by atoms with Gasteiger partial charge in [-0.25, -0.2) is 8.42 Å². The number of aryl methyl sites for hydroxylation is 1. The summed E-state index contributed by atoms with van der Waals surface area (Å²) in [4.78, 5) is 0. The summed E-state index contributed by atoms with van der Waals surface area (Å²) in [5.41, 5.74) is 3.31. The molecule has 0 bridgehead atoms. The Kier molecular flexibility index (Phi) is 4.76. The van der Waals surface area contributed by atoms with Crippen molar-refractivity contribution in [3.05, 3.63) is 65.2 Å². The van der Waals surface area contributed by atoms with Crippen LogP contribution < -0.4 is 4.74 Å². The van der Waals surface area contributed by atoms with Gasteiger partial charge in [-0.3, -0.25) is 0 Å². The Morgan fingerprint density at radius 1 is 1.15 bits per heavy atom. The minimum Gasteiger partial charge on any atom is -0.493 e. The molecule has 1 saturated carbocycles. The van der Waals surface area contributed by atoms with E-state index in [0.717, 1.165) is 42.7 Å². The zero-order chi connectivity index (χ0) is 18.1. The first-order chi connectivity index (χ1) is 12.5. The van der Waals surface area contributed by atoms with E-state index in [0.29, 0.717) is 6.42 Å². The van der Waals surface area contributed by atoms with Gasteiger partial charge in [0.05, 0.1) is 12.4 Å². The zero-order valence-electron chi connectivity index (χ0n) is 15.1. The summed E-state index contributed by atoms with van der Waals surface area (Å²) in [6.45, 7) is 2.72. The fraction of sp³-hybridized carbons (Fsp3) is 0.429. The van der Waals surface area contributed by atoms with E-state index >= 15 is 0 Å². The molecule has 1 aliphatic heterocycles. The molecule has 1 atom stereocenters. The molecule has 2 aromatic rings. The van der Waals surface area contributed by atoms with Gasteiger partial charge >= 0.3 is 0 Å². The molecule has 0 radical (unpaired) electrons. The molecule has 2 aromatic carbocycles. The third-order valence-electron chi connectivity index (χ3n) is 5.29. The molecule has 5 heteroatoms. The van der Waals surface area contributed by atoms with E-state index in [4.69, 9.17) is 4.74 Å². The average Bonchev–Trinajstić information content (AvgIpc) is 3.35. The average molecular weight is 372 g/mol. The van der Waals surface area contributed by atoms with Crippen LogP contribution in [-0.4, -0.2) is 31.1 Å². The van der Waals surface area contributed by atoms with Crippen molar-refractivity contribution in [1.29, 1.82) is 0 Å². The van der Waals surface area contributed by atoms with E-state index in [1.165, 1.54) is 5.56 Å². The van der Waals surface area contributed by atoms with Gasteiger partial charge in [0.25, 0.3) is 0 Å². The maximum absolute atomic E-state index is 13.1. The maximum Gasteiger partial charge on any atom is 0.215 e. The van der Waals surface area contributed by atoms with Crippen LogP contribution in [0.2, 0.25) is 0 Å². The summed E-state index contributed by atoms with van der Waals surface area (Å²) in [7, 11) is -3.32. The van der Waals surface area contributed by atoms with Gasteiger partial charge in [-0.2, -0.15) is 4.31 Å². The number of rotatable bonds is 7. The van der Waals surface area contributed by atoms with Crippen LogP contribution >= 0.6 is 0 Å². The Labute approximate surface area is 155 Å². The van der Waals surface area contributed by atoms with Crippen molar-refractivity contribution in [3.63, 3.8) is 0 Å². The lowest BCUT2D eigenvalue weighted by Crippen LogP contribution is -2.37. The largest absolute Gasteiger partial charge is 0.493 e. The van der Waals surface area contributed by atoms with E-state index in [2.05, 4.69) is 6.07 Å². The van der Waals surface area contributed by atoms with Crippen LogP contribution in [0.1, 0.15) is 42.5 Å². The van der Waals surface area contributed by atoms with Crippen molar-refractivity contribution in [2.24, 2.45) is 0 Å².